The van der Waals surface area contributed by atoms with Crippen molar-refractivity contribution in [2.24, 2.45) is 10.8 Å². The van der Waals surface area contributed by atoms with Crippen LogP contribution < -0.4 is 11.2 Å². The standard InChI is InChI=1S/C7H9Cl2F4N3OS/c1-3(15-16-4(14)18)2-5(17,6(8,10)11)7(9,12)13/h17H,2H2,1H3,(H3,14,16,18)/b15-3-. The number of halogens is 6. The van der Waals surface area contributed by atoms with Crippen LogP contribution in [-0.4, -0.2) is 32.3 Å². The first-order valence-electron chi connectivity index (χ1n) is 4.25. The predicted molar refractivity (Wildman–Crippen MR) is 64.2 cm³/mol. The Bertz CT molecular complexity index is 342. The van der Waals surface area contributed by atoms with Crippen molar-refractivity contribution < 1.29 is 22.7 Å². The fourth-order valence-electron chi connectivity index (χ4n) is 0.921. The monoisotopic (exact) mass is 329 g/mol. The van der Waals surface area contributed by atoms with E-state index in [-0.39, 0.29) is 10.8 Å². The Kier molecular flexibility index (Phi) is 5.60. The maximum absolute atomic E-state index is 12.9. The highest BCUT2D eigenvalue weighted by Gasteiger charge is 2.66. The topological polar surface area (TPSA) is 70.6 Å². The third-order valence-corrected chi connectivity index (χ3v) is 2.52. The molecule has 4 N–H and O–H groups in total. The van der Waals surface area contributed by atoms with Gasteiger partial charge in [0.05, 0.1) is 0 Å². The molecule has 0 aliphatic rings. The van der Waals surface area contributed by atoms with Gasteiger partial charge in [0.25, 0.3) is 0 Å². The minimum atomic E-state index is -4.67. The van der Waals surface area contributed by atoms with Crippen molar-refractivity contribution in [1.82, 2.24) is 5.43 Å². The lowest BCUT2D eigenvalue weighted by atomic mass is 9.97. The van der Waals surface area contributed by atoms with Gasteiger partial charge in [-0.2, -0.15) is 22.7 Å². The molecule has 11 heteroatoms. The second-order valence-electron chi connectivity index (χ2n) is 3.36. The molecule has 0 atom stereocenters. The van der Waals surface area contributed by atoms with Gasteiger partial charge in [0.2, 0.25) is 5.60 Å². The maximum atomic E-state index is 12.9. The van der Waals surface area contributed by atoms with E-state index in [2.05, 4.69) is 40.5 Å². The van der Waals surface area contributed by atoms with Crippen molar-refractivity contribution in [3.05, 3.63) is 0 Å². The molecule has 18 heavy (non-hydrogen) atoms. The Morgan fingerprint density at radius 3 is 2.00 bits per heavy atom. The van der Waals surface area contributed by atoms with Crippen molar-refractivity contribution in [3.8, 4) is 0 Å². The number of alkyl halides is 6. The minimum Gasteiger partial charge on any atom is -0.376 e. The molecule has 0 aromatic rings. The molecule has 0 saturated carbocycles. The highest BCUT2D eigenvalue weighted by molar-refractivity contribution is 7.80. The quantitative estimate of drug-likeness (QED) is 0.237. The first-order valence-corrected chi connectivity index (χ1v) is 5.42. The summed E-state index contributed by atoms with van der Waals surface area (Å²) in [4.78, 5) is 0. The van der Waals surface area contributed by atoms with Crippen LogP contribution in [0.3, 0.4) is 0 Å². The number of rotatable bonds is 5. The lowest BCUT2D eigenvalue weighted by Crippen LogP contribution is -2.56. The first-order chi connectivity index (χ1) is 7.81. The lowest BCUT2D eigenvalue weighted by Gasteiger charge is -2.34. The van der Waals surface area contributed by atoms with Crippen LogP contribution in [0.4, 0.5) is 17.6 Å². The number of thiocarbonyl (C=S) groups is 1. The molecule has 0 heterocycles. The molecule has 0 radical (unpaired) electrons. The molecular weight excluding hydrogens is 321 g/mol. The smallest absolute Gasteiger partial charge is 0.357 e. The van der Waals surface area contributed by atoms with Crippen LogP contribution in [0.5, 0.6) is 0 Å². The van der Waals surface area contributed by atoms with Crippen molar-refractivity contribution in [3.63, 3.8) is 0 Å². The normalized spacial score (nSPS) is 14.6. The molecular formula is C7H9Cl2F4N3OS. The zero-order chi connectivity index (χ0) is 14.8. The third kappa shape index (κ3) is 4.38. The van der Waals surface area contributed by atoms with Crippen LogP contribution >= 0.6 is 35.4 Å². The molecule has 0 amide bonds. The number of hydrazone groups is 1. The zero-order valence-corrected chi connectivity index (χ0v) is 11.2. The van der Waals surface area contributed by atoms with Gasteiger partial charge in [-0.15, -0.1) is 0 Å². The highest BCUT2D eigenvalue weighted by atomic mass is 35.5. The summed E-state index contributed by atoms with van der Waals surface area (Å²) in [6.07, 6.45) is -1.30. The van der Waals surface area contributed by atoms with Gasteiger partial charge in [0, 0.05) is 12.1 Å². The Morgan fingerprint density at radius 1 is 1.33 bits per heavy atom. The number of nitrogens with zero attached hydrogens (tertiary/aromatic N) is 1. The summed E-state index contributed by atoms with van der Waals surface area (Å²) in [6.45, 7) is 1.07. The molecule has 0 aliphatic carbocycles. The SMILES string of the molecule is C/C(CC(O)(C(F)(F)Cl)C(F)(F)Cl)=N/NC(N)=S. The van der Waals surface area contributed by atoms with Crippen LogP contribution in [0.1, 0.15) is 13.3 Å². The molecule has 0 aromatic carbocycles. The minimum absolute atomic E-state index is 0.312. The van der Waals surface area contributed by atoms with E-state index in [1.165, 1.54) is 0 Å². The van der Waals surface area contributed by atoms with Gasteiger partial charge in [-0.3, -0.25) is 5.43 Å². The van der Waals surface area contributed by atoms with Gasteiger partial charge in [-0.05, 0) is 42.3 Å². The van der Waals surface area contributed by atoms with E-state index in [9.17, 15) is 22.7 Å². The van der Waals surface area contributed by atoms with Crippen LogP contribution in [0.25, 0.3) is 0 Å². The Morgan fingerprint density at radius 2 is 1.72 bits per heavy atom. The molecule has 0 saturated heterocycles. The molecule has 0 unspecified atom stereocenters. The third-order valence-electron chi connectivity index (χ3n) is 1.81. The van der Waals surface area contributed by atoms with E-state index in [0.29, 0.717) is 0 Å². The summed E-state index contributed by atoms with van der Waals surface area (Å²) < 4.78 is 51.4. The van der Waals surface area contributed by atoms with Crippen LogP contribution in [0.15, 0.2) is 5.10 Å². The molecule has 0 aliphatic heterocycles. The largest absolute Gasteiger partial charge is 0.376 e. The molecule has 0 spiro atoms. The summed E-state index contributed by atoms with van der Waals surface area (Å²) in [6, 6.07) is 0. The molecule has 106 valence electrons. The Balaban J connectivity index is 5.18. The summed E-state index contributed by atoms with van der Waals surface area (Å²) in [5, 5.41) is 2.93. The van der Waals surface area contributed by atoms with E-state index in [1.807, 2.05) is 5.43 Å². The molecule has 0 fully saturated rings. The summed E-state index contributed by atoms with van der Waals surface area (Å²) in [5.41, 5.74) is 2.60. The molecule has 0 bridgehead atoms. The van der Waals surface area contributed by atoms with Crippen molar-refractivity contribution >= 4 is 46.2 Å². The van der Waals surface area contributed by atoms with Gasteiger partial charge >= 0.3 is 10.8 Å². The first kappa shape index (κ1) is 17.6. The lowest BCUT2D eigenvalue weighted by molar-refractivity contribution is -0.212. The highest BCUT2D eigenvalue weighted by Crippen LogP contribution is 2.48. The van der Waals surface area contributed by atoms with Gasteiger partial charge < -0.3 is 10.8 Å². The average molecular weight is 330 g/mol. The van der Waals surface area contributed by atoms with Gasteiger partial charge in [-0.25, -0.2) is 0 Å². The molecule has 0 aromatic heterocycles. The fourth-order valence-corrected chi connectivity index (χ4v) is 1.39. The summed E-state index contributed by atoms with van der Waals surface area (Å²) in [7, 11) is 0. The fraction of sp³-hybridized carbons (Fsp3) is 0.714. The predicted octanol–water partition coefficient (Wildman–Crippen LogP) is 1.98. The van der Waals surface area contributed by atoms with E-state index < -0.39 is 22.8 Å². The maximum Gasteiger partial charge on any atom is 0.357 e. The van der Waals surface area contributed by atoms with E-state index in [4.69, 9.17) is 5.73 Å². The zero-order valence-electron chi connectivity index (χ0n) is 8.85. The van der Waals surface area contributed by atoms with Crippen LogP contribution in [0, 0.1) is 0 Å². The van der Waals surface area contributed by atoms with E-state index in [0.717, 1.165) is 6.92 Å². The molecule has 0 rings (SSSR count). The second-order valence-corrected chi connectivity index (χ2v) is 4.74. The van der Waals surface area contributed by atoms with E-state index in [1.54, 1.807) is 0 Å². The Labute approximate surface area is 115 Å². The average Bonchev–Trinajstić information content (AvgIpc) is 2.10. The summed E-state index contributed by atoms with van der Waals surface area (Å²) >= 11 is 13.3. The van der Waals surface area contributed by atoms with Crippen molar-refractivity contribution in [2.45, 2.75) is 29.7 Å². The number of nitrogens with one attached hydrogen (secondary N) is 1. The van der Waals surface area contributed by atoms with E-state index >= 15 is 0 Å². The summed E-state index contributed by atoms with van der Waals surface area (Å²) in [5.74, 6) is 0. The number of aliphatic hydroxyl groups is 1. The van der Waals surface area contributed by atoms with Crippen molar-refractivity contribution in [1.29, 1.82) is 0 Å². The van der Waals surface area contributed by atoms with Crippen LogP contribution in [-0.2, 0) is 0 Å². The van der Waals surface area contributed by atoms with Gasteiger partial charge in [-0.1, -0.05) is 0 Å². The number of hydrogen-bond donors (Lipinski definition) is 3. The van der Waals surface area contributed by atoms with Crippen molar-refractivity contribution in [2.75, 3.05) is 0 Å². The van der Waals surface area contributed by atoms with Crippen LogP contribution in [0.2, 0.25) is 0 Å². The van der Waals surface area contributed by atoms with Gasteiger partial charge in [0.1, 0.15) is 0 Å². The second kappa shape index (κ2) is 5.72. The Hall–Kier alpha value is -0.380. The van der Waals surface area contributed by atoms with Gasteiger partial charge in [0.15, 0.2) is 5.11 Å². The molecule has 4 nitrogen and oxygen atoms in total. The number of hydrogen-bond acceptors (Lipinski definition) is 3. The number of nitrogens with two attached hydrogens (primary N) is 1.